The fourth-order valence-electron chi connectivity index (χ4n) is 0.795. The Hall–Kier alpha value is -0.763. The van der Waals surface area contributed by atoms with Crippen LogP contribution >= 0.6 is 0 Å². The fraction of sp³-hybridized carbons (Fsp3) is 0.250. The number of aromatic hydroxyl groups is 1. The first-order chi connectivity index (χ1) is 4.70. The SMILES string of the molecule is C[Si](C)c1ccc(O)cc1. The monoisotopic (exact) mass is 151 g/mol. The van der Waals surface area contributed by atoms with Crippen molar-refractivity contribution in [3.63, 3.8) is 0 Å². The van der Waals surface area contributed by atoms with Gasteiger partial charge in [0.1, 0.15) is 5.75 Å². The molecular formula is C8H11OSi. The molecule has 2 heteroatoms. The van der Waals surface area contributed by atoms with Crippen LogP contribution in [0.15, 0.2) is 24.3 Å². The van der Waals surface area contributed by atoms with Gasteiger partial charge in [0.25, 0.3) is 0 Å². The zero-order chi connectivity index (χ0) is 7.56. The van der Waals surface area contributed by atoms with Crippen molar-refractivity contribution in [2.45, 2.75) is 13.1 Å². The molecule has 53 valence electrons. The molecule has 0 aliphatic carbocycles. The summed E-state index contributed by atoms with van der Waals surface area (Å²) in [6.07, 6.45) is 0. The van der Waals surface area contributed by atoms with Crippen molar-refractivity contribution in [3.05, 3.63) is 24.3 Å². The molecule has 0 saturated heterocycles. The van der Waals surface area contributed by atoms with E-state index in [-0.39, 0.29) is 8.80 Å². The lowest BCUT2D eigenvalue weighted by Gasteiger charge is -2.01. The summed E-state index contributed by atoms with van der Waals surface area (Å²) in [5.41, 5.74) is 0. The van der Waals surface area contributed by atoms with Crippen molar-refractivity contribution in [1.82, 2.24) is 0 Å². The van der Waals surface area contributed by atoms with E-state index in [1.54, 1.807) is 12.1 Å². The standard InChI is InChI=1S/C8H11OSi/c1-10(2)8-5-3-7(9)4-6-8/h3-6,9H,1-2H3. The van der Waals surface area contributed by atoms with Crippen LogP contribution < -0.4 is 5.19 Å². The highest BCUT2D eigenvalue weighted by Crippen LogP contribution is 2.03. The second-order valence-electron chi connectivity index (χ2n) is 2.55. The van der Waals surface area contributed by atoms with Crippen LogP contribution in [0.4, 0.5) is 0 Å². The highest BCUT2D eigenvalue weighted by molar-refractivity contribution is 6.70. The van der Waals surface area contributed by atoms with Crippen LogP contribution in [0.5, 0.6) is 5.75 Å². The summed E-state index contributed by atoms with van der Waals surface area (Å²) in [5, 5.41) is 10.3. The second-order valence-corrected chi connectivity index (χ2v) is 5.12. The molecule has 0 fully saturated rings. The van der Waals surface area contributed by atoms with Crippen LogP contribution in [0.3, 0.4) is 0 Å². The van der Waals surface area contributed by atoms with E-state index in [4.69, 9.17) is 5.11 Å². The smallest absolute Gasteiger partial charge is 0.115 e. The summed E-state index contributed by atoms with van der Waals surface area (Å²) in [5.74, 6) is 0.354. The molecular weight excluding hydrogens is 140 g/mol. The minimum Gasteiger partial charge on any atom is -0.508 e. The summed E-state index contributed by atoms with van der Waals surface area (Å²) in [6.45, 7) is 4.47. The first-order valence-corrected chi connectivity index (χ1v) is 5.79. The predicted molar refractivity (Wildman–Crippen MR) is 45.2 cm³/mol. The molecule has 1 radical (unpaired) electrons. The average Bonchev–Trinajstić information content (AvgIpc) is 1.88. The Morgan fingerprint density at radius 3 is 2.00 bits per heavy atom. The van der Waals surface area contributed by atoms with Crippen LogP contribution in [0.25, 0.3) is 0 Å². The molecule has 0 spiro atoms. The molecule has 0 aliphatic heterocycles. The van der Waals surface area contributed by atoms with Gasteiger partial charge >= 0.3 is 0 Å². The number of phenols is 1. The van der Waals surface area contributed by atoms with Crippen molar-refractivity contribution in [3.8, 4) is 5.75 Å². The molecule has 0 aliphatic rings. The van der Waals surface area contributed by atoms with Gasteiger partial charge in [-0.2, -0.15) is 0 Å². The summed E-state index contributed by atoms with van der Waals surface area (Å²) < 4.78 is 0. The van der Waals surface area contributed by atoms with E-state index in [1.165, 1.54) is 5.19 Å². The quantitative estimate of drug-likeness (QED) is 0.601. The molecule has 0 saturated carbocycles. The van der Waals surface area contributed by atoms with Gasteiger partial charge in [0, 0.05) is 0 Å². The Balaban J connectivity index is 2.89. The molecule has 0 unspecified atom stereocenters. The van der Waals surface area contributed by atoms with Crippen LogP contribution in [-0.2, 0) is 0 Å². The maximum absolute atomic E-state index is 8.95. The van der Waals surface area contributed by atoms with Crippen molar-refractivity contribution < 1.29 is 5.11 Å². The number of rotatable bonds is 1. The summed E-state index contributed by atoms with van der Waals surface area (Å²) >= 11 is 0. The molecule has 1 nitrogen and oxygen atoms in total. The average molecular weight is 151 g/mol. The largest absolute Gasteiger partial charge is 0.508 e. The summed E-state index contributed by atoms with van der Waals surface area (Å²) in [4.78, 5) is 0. The third kappa shape index (κ3) is 1.61. The van der Waals surface area contributed by atoms with Crippen LogP contribution in [0.2, 0.25) is 13.1 Å². The van der Waals surface area contributed by atoms with Crippen LogP contribution in [0.1, 0.15) is 0 Å². The van der Waals surface area contributed by atoms with Crippen molar-refractivity contribution in [2.75, 3.05) is 0 Å². The maximum atomic E-state index is 8.95. The minimum absolute atomic E-state index is 0.340. The molecule has 1 rings (SSSR count). The second kappa shape index (κ2) is 2.88. The lowest BCUT2D eigenvalue weighted by atomic mass is 10.3. The Bertz CT molecular complexity index is 203. The molecule has 0 atom stereocenters. The molecule has 10 heavy (non-hydrogen) atoms. The number of benzene rings is 1. The number of hydrogen-bond acceptors (Lipinski definition) is 1. The van der Waals surface area contributed by atoms with E-state index in [2.05, 4.69) is 13.1 Å². The Labute approximate surface area is 62.9 Å². The summed E-state index contributed by atoms with van der Waals surface area (Å²) in [7, 11) is -0.340. The fourth-order valence-corrected chi connectivity index (χ4v) is 1.63. The van der Waals surface area contributed by atoms with Gasteiger partial charge in [0.15, 0.2) is 0 Å². The van der Waals surface area contributed by atoms with Crippen LogP contribution in [0, 0.1) is 0 Å². The highest BCUT2D eigenvalue weighted by atomic mass is 28.3. The molecule has 0 heterocycles. The molecule has 0 aromatic heterocycles. The van der Waals surface area contributed by atoms with E-state index in [1.807, 2.05) is 12.1 Å². The lowest BCUT2D eigenvalue weighted by Crippen LogP contribution is -2.21. The third-order valence-electron chi connectivity index (χ3n) is 1.44. The van der Waals surface area contributed by atoms with Crippen molar-refractivity contribution in [2.24, 2.45) is 0 Å². The molecule has 0 bridgehead atoms. The molecule has 1 aromatic carbocycles. The molecule has 1 N–H and O–H groups in total. The zero-order valence-electron chi connectivity index (χ0n) is 6.26. The Morgan fingerprint density at radius 1 is 1.10 bits per heavy atom. The number of hydrogen-bond donors (Lipinski definition) is 1. The van der Waals surface area contributed by atoms with E-state index in [0.29, 0.717) is 5.75 Å². The van der Waals surface area contributed by atoms with E-state index in [9.17, 15) is 0 Å². The number of phenolic OH excluding ortho intramolecular Hbond substituents is 1. The lowest BCUT2D eigenvalue weighted by molar-refractivity contribution is 0.475. The van der Waals surface area contributed by atoms with Gasteiger partial charge in [-0.25, -0.2) is 0 Å². The Kier molecular flexibility index (Phi) is 2.12. The van der Waals surface area contributed by atoms with Crippen molar-refractivity contribution in [1.29, 1.82) is 0 Å². The minimum atomic E-state index is -0.340. The van der Waals surface area contributed by atoms with Gasteiger partial charge in [-0.05, 0) is 12.1 Å². The van der Waals surface area contributed by atoms with E-state index < -0.39 is 0 Å². The van der Waals surface area contributed by atoms with Gasteiger partial charge in [0.2, 0.25) is 0 Å². The van der Waals surface area contributed by atoms with Gasteiger partial charge in [-0.3, -0.25) is 0 Å². The van der Waals surface area contributed by atoms with Crippen LogP contribution in [-0.4, -0.2) is 13.9 Å². The van der Waals surface area contributed by atoms with Gasteiger partial charge in [-0.15, -0.1) is 0 Å². The first kappa shape index (κ1) is 7.35. The maximum Gasteiger partial charge on any atom is 0.115 e. The van der Waals surface area contributed by atoms with Gasteiger partial charge < -0.3 is 5.11 Å². The third-order valence-corrected chi connectivity index (χ3v) is 2.93. The van der Waals surface area contributed by atoms with E-state index >= 15 is 0 Å². The predicted octanol–water partition coefficient (Wildman–Crippen LogP) is 1.35. The summed E-state index contributed by atoms with van der Waals surface area (Å²) in [6, 6.07) is 7.47. The Morgan fingerprint density at radius 2 is 1.60 bits per heavy atom. The van der Waals surface area contributed by atoms with Gasteiger partial charge in [0.05, 0.1) is 8.80 Å². The normalized spacial score (nSPS) is 10.3. The molecule has 1 aromatic rings. The topological polar surface area (TPSA) is 20.2 Å². The zero-order valence-corrected chi connectivity index (χ0v) is 7.26. The first-order valence-electron chi connectivity index (χ1n) is 3.29. The van der Waals surface area contributed by atoms with Gasteiger partial charge in [-0.1, -0.05) is 30.4 Å². The van der Waals surface area contributed by atoms with Crippen molar-refractivity contribution >= 4 is 14.0 Å². The highest BCUT2D eigenvalue weighted by Gasteiger charge is 1.98. The van der Waals surface area contributed by atoms with E-state index in [0.717, 1.165) is 0 Å². The molecule has 0 amide bonds.